The minimum atomic E-state index is -1.24. The summed E-state index contributed by atoms with van der Waals surface area (Å²) in [6.45, 7) is 5.53. The number of ether oxygens (including phenoxy) is 1. The first kappa shape index (κ1) is 18.1. The molecule has 0 spiro atoms. The van der Waals surface area contributed by atoms with Gasteiger partial charge in [0.15, 0.2) is 0 Å². The predicted octanol–water partition coefficient (Wildman–Crippen LogP) is 1.25. The van der Waals surface area contributed by atoms with Crippen LogP contribution in [0.25, 0.3) is 0 Å². The third-order valence-corrected chi connectivity index (χ3v) is 5.60. The van der Waals surface area contributed by atoms with Crippen LogP contribution in [0.3, 0.4) is 0 Å². The van der Waals surface area contributed by atoms with Crippen LogP contribution < -0.4 is 0 Å². The number of morpholine rings is 1. The molecule has 2 heterocycles. The van der Waals surface area contributed by atoms with E-state index in [0.29, 0.717) is 26.3 Å². The second kappa shape index (κ2) is 7.25. The molecule has 0 radical (unpaired) electrons. The van der Waals surface area contributed by atoms with Crippen molar-refractivity contribution in [2.24, 2.45) is 5.41 Å². The number of urea groups is 1. The van der Waals surface area contributed by atoms with Gasteiger partial charge >= 0.3 is 6.03 Å². The topological polar surface area (TPSA) is 70.2 Å². The van der Waals surface area contributed by atoms with E-state index in [1.54, 1.807) is 6.92 Å². The summed E-state index contributed by atoms with van der Waals surface area (Å²) in [4.78, 5) is 43.0. The number of hydrogen-bond donors (Lipinski definition) is 0. The molecule has 25 heavy (non-hydrogen) atoms. The van der Waals surface area contributed by atoms with Crippen molar-refractivity contribution in [2.75, 3.05) is 46.4 Å². The number of allylic oxidation sites excluding steroid dienone is 1. The van der Waals surface area contributed by atoms with Crippen molar-refractivity contribution in [1.29, 1.82) is 0 Å². The van der Waals surface area contributed by atoms with Gasteiger partial charge in [0.25, 0.3) is 0 Å². The molecule has 3 aliphatic rings. The van der Waals surface area contributed by atoms with Crippen molar-refractivity contribution < 1.29 is 19.1 Å². The van der Waals surface area contributed by atoms with Crippen molar-refractivity contribution in [3.63, 3.8) is 0 Å². The maximum Gasteiger partial charge on any atom is 0.333 e. The van der Waals surface area contributed by atoms with E-state index in [0.717, 1.165) is 49.2 Å². The Hall–Kier alpha value is -1.73. The van der Waals surface area contributed by atoms with Crippen LogP contribution in [0.15, 0.2) is 11.6 Å². The van der Waals surface area contributed by atoms with Crippen LogP contribution in [0, 0.1) is 5.41 Å². The Morgan fingerprint density at radius 1 is 1.08 bits per heavy atom. The van der Waals surface area contributed by atoms with Crippen LogP contribution in [0.5, 0.6) is 0 Å². The van der Waals surface area contributed by atoms with E-state index in [1.165, 1.54) is 11.9 Å². The molecule has 1 atom stereocenters. The zero-order valence-electron chi connectivity index (χ0n) is 15.1. The van der Waals surface area contributed by atoms with E-state index < -0.39 is 17.4 Å². The second-order valence-corrected chi connectivity index (χ2v) is 7.16. The molecule has 2 aliphatic heterocycles. The van der Waals surface area contributed by atoms with Crippen LogP contribution in [0.1, 0.15) is 32.6 Å². The van der Waals surface area contributed by atoms with Gasteiger partial charge in [-0.2, -0.15) is 0 Å². The van der Waals surface area contributed by atoms with Crippen molar-refractivity contribution in [3.05, 3.63) is 11.6 Å². The Balaban J connectivity index is 1.80. The Morgan fingerprint density at radius 3 is 2.44 bits per heavy atom. The summed E-state index contributed by atoms with van der Waals surface area (Å²) < 4.78 is 5.33. The van der Waals surface area contributed by atoms with Gasteiger partial charge in [-0.05, 0) is 38.2 Å². The lowest BCUT2D eigenvalue weighted by Gasteiger charge is -2.43. The first-order valence-electron chi connectivity index (χ1n) is 9.10. The van der Waals surface area contributed by atoms with Gasteiger partial charge in [0.2, 0.25) is 11.8 Å². The minimum Gasteiger partial charge on any atom is -0.379 e. The van der Waals surface area contributed by atoms with Gasteiger partial charge in [0.05, 0.1) is 13.2 Å². The third-order valence-electron chi connectivity index (χ3n) is 5.60. The van der Waals surface area contributed by atoms with Gasteiger partial charge in [-0.15, -0.1) is 0 Å². The van der Waals surface area contributed by atoms with Crippen molar-refractivity contribution >= 4 is 17.8 Å². The van der Waals surface area contributed by atoms with E-state index in [4.69, 9.17) is 4.74 Å². The number of carbonyl (C=O) groups is 3. The molecule has 3 rings (SSSR count). The molecule has 7 nitrogen and oxygen atoms in total. The molecule has 2 fully saturated rings. The van der Waals surface area contributed by atoms with E-state index in [-0.39, 0.29) is 5.91 Å². The van der Waals surface area contributed by atoms with E-state index >= 15 is 0 Å². The molecule has 1 unspecified atom stereocenters. The normalized spacial score (nSPS) is 29.2. The summed E-state index contributed by atoms with van der Waals surface area (Å²) in [7, 11) is 1.47. The van der Waals surface area contributed by atoms with Crippen molar-refractivity contribution in [2.45, 2.75) is 32.6 Å². The zero-order chi connectivity index (χ0) is 18.0. The highest BCUT2D eigenvalue weighted by Gasteiger charge is 2.55. The number of amides is 4. The summed E-state index contributed by atoms with van der Waals surface area (Å²) in [6.07, 6.45) is 5.71. The van der Waals surface area contributed by atoms with Gasteiger partial charge in [-0.1, -0.05) is 6.08 Å². The van der Waals surface area contributed by atoms with E-state index in [9.17, 15) is 14.4 Å². The Kier molecular flexibility index (Phi) is 5.24. The molecular formula is C18H27N3O4. The minimum absolute atomic E-state index is 0.304. The van der Waals surface area contributed by atoms with E-state index in [2.05, 4.69) is 4.90 Å². The van der Waals surface area contributed by atoms with Gasteiger partial charge in [0.1, 0.15) is 5.41 Å². The quantitative estimate of drug-likeness (QED) is 0.564. The molecule has 1 aliphatic carbocycles. The molecule has 0 bridgehead atoms. The number of nitrogens with zero attached hydrogens (tertiary/aromatic N) is 3. The smallest absolute Gasteiger partial charge is 0.333 e. The predicted molar refractivity (Wildman–Crippen MR) is 91.8 cm³/mol. The average Bonchev–Trinajstić information content (AvgIpc) is 2.66. The van der Waals surface area contributed by atoms with Crippen molar-refractivity contribution in [3.8, 4) is 0 Å². The molecule has 7 heteroatoms. The van der Waals surface area contributed by atoms with Crippen LogP contribution >= 0.6 is 0 Å². The van der Waals surface area contributed by atoms with Gasteiger partial charge in [-0.25, -0.2) is 4.79 Å². The second-order valence-electron chi connectivity index (χ2n) is 7.16. The fraction of sp³-hybridized carbons (Fsp3) is 0.722. The maximum atomic E-state index is 13.2. The third kappa shape index (κ3) is 3.22. The summed E-state index contributed by atoms with van der Waals surface area (Å²) in [5.74, 6) is -0.778. The molecule has 138 valence electrons. The van der Waals surface area contributed by atoms with Crippen LogP contribution in [0.2, 0.25) is 0 Å². The largest absolute Gasteiger partial charge is 0.379 e. The maximum absolute atomic E-state index is 13.2. The highest BCUT2D eigenvalue weighted by Crippen LogP contribution is 2.40. The fourth-order valence-corrected chi connectivity index (χ4v) is 3.88. The number of imide groups is 2. The summed E-state index contributed by atoms with van der Waals surface area (Å²) >= 11 is 0. The highest BCUT2D eigenvalue weighted by atomic mass is 16.5. The molecule has 0 aromatic heterocycles. The van der Waals surface area contributed by atoms with Gasteiger partial charge in [-0.3, -0.25) is 24.3 Å². The van der Waals surface area contributed by atoms with Crippen LogP contribution in [-0.2, 0) is 14.3 Å². The lowest BCUT2D eigenvalue weighted by molar-refractivity contribution is -0.154. The van der Waals surface area contributed by atoms with Crippen LogP contribution in [-0.4, -0.2) is 79.0 Å². The van der Waals surface area contributed by atoms with Gasteiger partial charge < -0.3 is 4.74 Å². The van der Waals surface area contributed by atoms with Gasteiger partial charge in [0, 0.05) is 33.2 Å². The number of rotatable bonds is 4. The molecule has 0 aromatic rings. The first-order valence-corrected chi connectivity index (χ1v) is 9.10. The molecule has 0 aromatic carbocycles. The fourth-order valence-electron chi connectivity index (χ4n) is 3.88. The Labute approximate surface area is 148 Å². The monoisotopic (exact) mass is 349 g/mol. The van der Waals surface area contributed by atoms with E-state index in [1.807, 2.05) is 6.08 Å². The lowest BCUT2D eigenvalue weighted by atomic mass is 9.73. The average molecular weight is 349 g/mol. The summed E-state index contributed by atoms with van der Waals surface area (Å²) in [5, 5.41) is 0. The number of barbiturate groups is 1. The molecule has 2 saturated heterocycles. The summed E-state index contributed by atoms with van der Waals surface area (Å²) in [5.41, 5.74) is -0.377. The molecule has 0 N–H and O–H groups in total. The SMILES string of the molecule is CN1C(=O)N(CCN2CCOCC2)C(=O)C(C)(C2=CCCCC2)C1=O. The lowest BCUT2D eigenvalue weighted by Crippen LogP contribution is -2.64. The summed E-state index contributed by atoms with van der Waals surface area (Å²) in [6, 6.07) is -0.517. The van der Waals surface area contributed by atoms with Crippen molar-refractivity contribution in [1.82, 2.24) is 14.7 Å². The first-order chi connectivity index (χ1) is 12.0. The standard InChI is InChI=1S/C18H27N3O4/c1-18(14-6-4-3-5-7-14)15(22)19(2)17(24)21(16(18)23)9-8-20-10-12-25-13-11-20/h6H,3-5,7-13H2,1-2H3. The molecule has 0 saturated carbocycles. The van der Waals surface area contributed by atoms with Crippen LogP contribution in [0.4, 0.5) is 4.79 Å². The number of hydrogen-bond acceptors (Lipinski definition) is 5. The highest BCUT2D eigenvalue weighted by molar-refractivity contribution is 6.20. The Bertz CT molecular complexity index is 597. The molecule has 4 amide bonds. The Morgan fingerprint density at radius 2 is 1.80 bits per heavy atom. The number of carbonyl (C=O) groups excluding carboxylic acids is 3. The molecular weight excluding hydrogens is 322 g/mol. The zero-order valence-corrected chi connectivity index (χ0v) is 15.1.